The average molecular weight is 272 g/mol. The smallest absolute Gasteiger partial charge is 0.361 e. The SMILES string of the molecule is CC(OC(=O)c1noc2c1CCCC2)c1ccccn1. The summed E-state index contributed by atoms with van der Waals surface area (Å²) in [5, 5.41) is 3.87. The van der Waals surface area contributed by atoms with Crippen molar-refractivity contribution in [2.45, 2.75) is 38.7 Å². The number of ether oxygens (including phenoxy) is 1. The summed E-state index contributed by atoms with van der Waals surface area (Å²) in [5.74, 6) is 0.392. The second kappa shape index (κ2) is 5.45. The predicted octanol–water partition coefficient (Wildman–Crippen LogP) is 2.87. The minimum absolute atomic E-state index is 0.322. The lowest BCUT2D eigenvalue weighted by molar-refractivity contribution is 0.0316. The summed E-state index contributed by atoms with van der Waals surface area (Å²) in [5.41, 5.74) is 1.95. The first-order valence-electron chi connectivity index (χ1n) is 6.85. The van der Waals surface area contributed by atoms with Crippen LogP contribution in [0.15, 0.2) is 28.9 Å². The number of fused-ring (bicyclic) bond motifs is 1. The van der Waals surface area contributed by atoms with E-state index in [0.717, 1.165) is 42.7 Å². The molecule has 20 heavy (non-hydrogen) atoms. The van der Waals surface area contributed by atoms with Gasteiger partial charge in [0, 0.05) is 18.2 Å². The first-order chi connectivity index (χ1) is 9.75. The minimum Gasteiger partial charge on any atom is -0.451 e. The second-order valence-corrected chi connectivity index (χ2v) is 4.94. The molecule has 2 aromatic rings. The fourth-order valence-corrected chi connectivity index (χ4v) is 2.44. The molecule has 0 fully saturated rings. The maximum absolute atomic E-state index is 12.2. The lowest BCUT2D eigenvalue weighted by Crippen LogP contribution is -2.13. The van der Waals surface area contributed by atoms with Gasteiger partial charge < -0.3 is 9.26 Å². The van der Waals surface area contributed by atoms with Crippen molar-refractivity contribution in [2.75, 3.05) is 0 Å². The molecule has 104 valence electrons. The zero-order chi connectivity index (χ0) is 13.9. The van der Waals surface area contributed by atoms with Crippen LogP contribution in [0.25, 0.3) is 0 Å². The number of hydrogen-bond donors (Lipinski definition) is 0. The highest BCUT2D eigenvalue weighted by molar-refractivity contribution is 5.89. The van der Waals surface area contributed by atoms with E-state index in [2.05, 4.69) is 10.1 Å². The van der Waals surface area contributed by atoms with Crippen molar-refractivity contribution in [2.24, 2.45) is 0 Å². The third-order valence-corrected chi connectivity index (χ3v) is 3.53. The number of aryl methyl sites for hydroxylation is 1. The van der Waals surface area contributed by atoms with Gasteiger partial charge in [-0.2, -0.15) is 0 Å². The molecule has 1 aliphatic carbocycles. The van der Waals surface area contributed by atoms with Crippen LogP contribution in [-0.4, -0.2) is 16.1 Å². The Morgan fingerprint density at radius 3 is 3.00 bits per heavy atom. The third kappa shape index (κ3) is 2.43. The monoisotopic (exact) mass is 272 g/mol. The second-order valence-electron chi connectivity index (χ2n) is 4.94. The Morgan fingerprint density at radius 2 is 2.20 bits per heavy atom. The Morgan fingerprint density at radius 1 is 1.35 bits per heavy atom. The molecule has 5 heteroatoms. The van der Waals surface area contributed by atoms with Crippen LogP contribution < -0.4 is 0 Å². The van der Waals surface area contributed by atoms with Gasteiger partial charge in [-0.25, -0.2) is 4.79 Å². The number of carbonyl (C=O) groups excluding carboxylic acids is 1. The van der Waals surface area contributed by atoms with Gasteiger partial charge in [0.25, 0.3) is 0 Å². The van der Waals surface area contributed by atoms with E-state index in [1.807, 2.05) is 18.2 Å². The van der Waals surface area contributed by atoms with Crippen LogP contribution in [0.1, 0.15) is 53.4 Å². The van der Waals surface area contributed by atoms with E-state index in [0.29, 0.717) is 5.69 Å². The Kier molecular flexibility index (Phi) is 3.50. The Hall–Kier alpha value is -2.17. The highest BCUT2D eigenvalue weighted by atomic mass is 16.5. The number of hydrogen-bond acceptors (Lipinski definition) is 5. The Labute approximate surface area is 116 Å². The van der Waals surface area contributed by atoms with Gasteiger partial charge in [-0.1, -0.05) is 11.2 Å². The van der Waals surface area contributed by atoms with Gasteiger partial charge in [0.1, 0.15) is 11.9 Å². The topological polar surface area (TPSA) is 65.2 Å². The van der Waals surface area contributed by atoms with Crippen LogP contribution in [0.5, 0.6) is 0 Å². The zero-order valence-corrected chi connectivity index (χ0v) is 11.3. The lowest BCUT2D eigenvalue weighted by atomic mass is 9.96. The third-order valence-electron chi connectivity index (χ3n) is 3.53. The number of carbonyl (C=O) groups is 1. The van der Waals surface area contributed by atoms with Crippen LogP contribution in [0.4, 0.5) is 0 Å². The predicted molar refractivity (Wildman–Crippen MR) is 71.2 cm³/mol. The van der Waals surface area contributed by atoms with Gasteiger partial charge in [0.15, 0.2) is 5.69 Å². The fourth-order valence-electron chi connectivity index (χ4n) is 2.44. The maximum atomic E-state index is 12.2. The van der Waals surface area contributed by atoms with E-state index >= 15 is 0 Å². The van der Waals surface area contributed by atoms with Gasteiger partial charge in [-0.15, -0.1) is 0 Å². The van der Waals surface area contributed by atoms with Crippen molar-refractivity contribution in [3.63, 3.8) is 0 Å². The molecular weight excluding hydrogens is 256 g/mol. The van der Waals surface area contributed by atoms with Crippen LogP contribution >= 0.6 is 0 Å². The van der Waals surface area contributed by atoms with E-state index in [-0.39, 0.29) is 0 Å². The number of rotatable bonds is 3. The number of pyridine rings is 1. The molecule has 1 atom stereocenters. The summed E-state index contributed by atoms with van der Waals surface area (Å²) >= 11 is 0. The molecule has 2 heterocycles. The summed E-state index contributed by atoms with van der Waals surface area (Å²) in [6.07, 6.45) is 5.11. The van der Waals surface area contributed by atoms with Gasteiger partial charge in [-0.3, -0.25) is 4.98 Å². The van der Waals surface area contributed by atoms with Crippen molar-refractivity contribution in [1.29, 1.82) is 0 Å². The highest BCUT2D eigenvalue weighted by Crippen LogP contribution is 2.26. The molecule has 2 aromatic heterocycles. The number of esters is 1. The Balaban J connectivity index is 1.75. The molecule has 5 nitrogen and oxygen atoms in total. The van der Waals surface area contributed by atoms with E-state index < -0.39 is 12.1 Å². The first kappa shape index (κ1) is 12.8. The van der Waals surface area contributed by atoms with Gasteiger partial charge in [0.2, 0.25) is 0 Å². The maximum Gasteiger partial charge on any atom is 0.361 e. The van der Waals surface area contributed by atoms with Crippen LogP contribution in [0.3, 0.4) is 0 Å². The summed E-state index contributed by atoms with van der Waals surface area (Å²) in [4.78, 5) is 16.4. The summed E-state index contributed by atoms with van der Waals surface area (Å²) in [7, 11) is 0. The largest absolute Gasteiger partial charge is 0.451 e. The van der Waals surface area contributed by atoms with E-state index in [1.54, 1.807) is 13.1 Å². The van der Waals surface area contributed by atoms with E-state index in [9.17, 15) is 4.79 Å². The molecule has 0 aliphatic heterocycles. The van der Waals surface area contributed by atoms with Gasteiger partial charge in [0.05, 0.1) is 5.69 Å². The molecule has 0 saturated heterocycles. The molecule has 3 rings (SSSR count). The first-order valence-corrected chi connectivity index (χ1v) is 6.85. The quantitative estimate of drug-likeness (QED) is 0.804. The Bertz CT molecular complexity index is 607. The standard InChI is InChI=1S/C15H16N2O3/c1-10(12-7-4-5-9-16-12)19-15(18)14-11-6-2-3-8-13(11)20-17-14/h4-5,7,9-10H,2-3,6,8H2,1H3. The molecule has 0 bridgehead atoms. The fraction of sp³-hybridized carbons (Fsp3) is 0.400. The van der Waals surface area contributed by atoms with Crippen LogP contribution in [0, 0.1) is 0 Å². The molecular formula is C15H16N2O3. The molecule has 0 radical (unpaired) electrons. The highest BCUT2D eigenvalue weighted by Gasteiger charge is 2.26. The zero-order valence-electron chi connectivity index (χ0n) is 11.3. The number of aromatic nitrogens is 2. The minimum atomic E-state index is -0.435. The lowest BCUT2D eigenvalue weighted by Gasteiger charge is -2.13. The van der Waals surface area contributed by atoms with Crippen molar-refractivity contribution in [3.05, 3.63) is 47.1 Å². The molecule has 0 N–H and O–H groups in total. The van der Waals surface area contributed by atoms with Gasteiger partial charge in [-0.05, 0) is 38.3 Å². The van der Waals surface area contributed by atoms with E-state index in [4.69, 9.17) is 9.26 Å². The van der Waals surface area contributed by atoms with Gasteiger partial charge >= 0.3 is 5.97 Å². The summed E-state index contributed by atoms with van der Waals surface area (Å²) in [6, 6.07) is 5.52. The van der Waals surface area contributed by atoms with Crippen molar-refractivity contribution in [3.8, 4) is 0 Å². The molecule has 0 saturated carbocycles. The normalized spacial score (nSPS) is 15.4. The van der Waals surface area contributed by atoms with Crippen molar-refractivity contribution >= 4 is 5.97 Å². The average Bonchev–Trinajstić information content (AvgIpc) is 2.92. The number of nitrogens with zero attached hydrogens (tertiary/aromatic N) is 2. The van der Waals surface area contributed by atoms with Crippen LogP contribution in [0.2, 0.25) is 0 Å². The van der Waals surface area contributed by atoms with E-state index in [1.165, 1.54) is 0 Å². The summed E-state index contributed by atoms with van der Waals surface area (Å²) < 4.78 is 10.7. The van der Waals surface area contributed by atoms with Crippen LogP contribution in [-0.2, 0) is 17.6 Å². The molecule has 1 aliphatic rings. The summed E-state index contributed by atoms with van der Waals surface area (Å²) in [6.45, 7) is 1.80. The molecule has 0 spiro atoms. The molecule has 0 amide bonds. The van der Waals surface area contributed by atoms with Crippen molar-refractivity contribution in [1.82, 2.24) is 10.1 Å². The molecule has 0 aromatic carbocycles. The van der Waals surface area contributed by atoms with Crippen molar-refractivity contribution < 1.29 is 14.1 Å². The molecule has 1 unspecified atom stereocenters.